The molecule has 0 aliphatic rings. The Morgan fingerprint density at radius 1 is 0.760 bits per heavy atom. The van der Waals surface area contributed by atoms with Gasteiger partial charge >= 0.3 is 6.03 Å². The Hall–Kier alpha value is -3.27. The second-order valence-corrected chi connectivity index (χ2v) is 5.87. The number of amides is 2. The van der Waals surface area contributed by atoms with Gasteiger partial charge in [-0.25, -0.2) is 4.79 Å². The van der Waals surface area contributed by atoms with Crippen molar-refractivity contribution in [3.8, 4) is 0 Å². The number of anilines is 3. The summed E-state index contributed by atoms with van der Waals surface area (Å²) in [7, 11) is 0. The molecule has 25 heavy (non-hydrogen) atoms. The maximum atomic E-state index is 12.0. The van der Waals surface area contributed by atoms with Gasteiger partial charge < -0.3 is 16.0 Å². The van der Waals surface area contributed by atoms with Gasteiger partial charge in [0.2, 0.25) is 0 Å². The van der Waals surface area contributed by atoms with Crippen molar-refractivity contribution in [2.75, 3.05) is 16.0 Å². The van der Waals surface area contributed by atoms with E-state index in [2.05, 4.69) is 47.1 Å². The highest BCUT2D eigenvalue weighted by Gasteiger charge is 2.02. The number of benzene rings is 3. The quantitative estimate of drug-likeness (QED) is 0.598. The number of carbonyl (C=O) groups is 1. The zero-order chi connectivity index (χ0) is 17.5. The van der Waals surface area contributed by atoms with Crippen molar-refractivity contribution < 1.29 is 4.79 Å². The molecule has 3 N–H and O–H groups in total. The highest BCUT2D eigenvalue weighted by atomic mass is 16.2. The van der Waals surface area contributed by atoms with E-state index >= 15 is 0 Å². The molecular weight excluding hydrogens is 310 g/mol. The van der Waals surface area contributed by atoms with Crippen LogP contribution in [-0.2, 0) is 6.54 Å². The molecule has 0 saturated carbocycles. The summed E-state index contributed by atoms with van der Waals surface area (Å²) in [6.45, 7) is 2.85. The van der Waals surface area contributed by atoms with Crippen molar-refractivity contribution in [3.05, 3.63) is 90.0 Å². The predicted octanol–water partition coefficient (Wildman–Crippen LogP) is 5.25. The average molecular weight is 331 g/mol. The first-order chi connectivity index (χ1) is 12.2. The normalized spacial score (nSPS) is 10.1. The van der Waals surface area contributed by atoms with E-state index in [0.29, 0.717) is 0 Å². The molecule has 0 heterocycles. The Balaban J connectivity index is 1.52. The summed E-state index contributed by atoms with van der Waals surface area (Å²) < 4.78 is 0. The molecular formula is C21H21N3O. The summed E-state index contributed by atoms with van der Waals surface area (Å²) in [5.41, 5.74) is 5.01. The Kier molecular flexibility index (Phi) is 5.32. The smallest absolute Gasteiger partial charge is 0.323 e. The van der Waals surface area contributed by atoms with Crippen LogP contribution in [0.25, 0.3) is 0 Å². The molecule has 0 aromatic heterocycles. The summed E-state index contributed by atoms with van der Waals surface area (Å²) in [5.74, 6) is 0. The molecule has 0 saturated heterocycles. The molecule has 0 bridgehead atoms. The number of carbonyl (C=O) groups excluding carboxylic acids is 1. The number of nitrogens with one attached hydrogen (secondary N) is 3. The van der Waals surface area contributed by atoms with Crippen molar-refractivity contribution in [1.82, 2.24) is 0 Å². The molecule has 3 aromatic carbocycles. The standard InChI is InChI=1S/C21H21N3O/c1-16-6-5-7-17(14-16)15-22-18-10-12-20(13-11-18)24-21(25)23-19-8-3-2-4-9-19/h2-14,22H,15H2,1H3,(H2,23,24,25). The SMILES string of the molecule is Cc1cccc(CNc2ccc(NC(=O)Nc3ccccc3)cc2)c1. The van der Waals surface area contributed by atoms with E-state index in [-0.39, 0.29) is 6.03 Å². The van der Waals surface area contributed by atoms with E-state index in [9.17, 15) is 4.79 Å². The van der Waals surface area contributed by atoms with Crippen LogP contribution in [0, 0.1) is 6.92 Å². The van der Waals surface area contributed by atoms with E-state index in [1.54, 1.807) is 0 Å². The van der Waals surface area contributed by atoms with Gasteiger partial charge in [-0.2, -0.15) is 0 Å². The number of hydrogen-bond donors (Lipinski definition) is 3. The van der Waals surface area contributed by atoms with Crippen LogP contribution in [-0.4, -0.2) is 6.03 Å². The third-order valence-electron chi connectivity index (χ3n) is 3.75. The number of hydrogen-bond acceptors (Lipinski definition) is 2. The molecule has 0 fully saturated rings. The van der Waals surface area contributed by atoms with Gasteiger partial charge in [0.15, 0.2) is 0 Å². The lowest BCUT2D eigenvalue weighted by molar-refractivity contribution is 0.262. The van der Waals surface area contributed by atoms with Gasteiger partial charge in [0, 0.05) is 23.6 Å². The summed E-state index contributed by atoms with van der Waals surface area (Å²) in [5, 5.41) is 8.99. The van der Waals surface area contributed by atoms with E-state index in [1.165, 1.54) is 11.1 Å². The number of para-hydroxylation sites is 1. The second-order valence-electron chi connectivity index (χ2n) is 5.87. The van der Waals surface area contributed by atoms with Gasteiger partial charge in [0.1, 0.15) is 0 Å². The maximum absolute atomic E-state index is 12.0. The molecule has 3 aromatic rings. The first-order valence-corrected chi connectivity index (χ1v) is 8.21. The topological polar surface area (TPSA) is 53.2 Å². The number of rotatable bonds is 5. The van der Waals surface area contributed by atoms with E-state index in [1.807, 2.05) is 54.6 Å². The fraction of sp³-hybridized carbons (Fsp3) is 0.0952. The van der Waals surface area contributed by atoms with Gasteiger partial charge in [-0.3, -0.25) is 0 Å². The van der Waals surface area contributed by atoms with E-state index in [4.69, 9.17) is 0 Å². The van der Waals surface area contributed by atoms with Crippen molar-refractivity contribution in [2.24, 2.45) is 0 Å². The highest BCUT2D eigenvalue weighted by Crippen LogP contribution is 2.15. The summed E-state index contributed by atoms with van der Waals surface area (Å²) in [4.78, 5) is 12.0. The zero-order valence-electron chi connectivity index (χ0n) is 14.1. The molecule has 0 aliphatic heterocycles. The summed E-state index contributed by atoms with van der Waals surface area (Å²) in [6.07, 6.45) is 0. The number of aryl methyl sites for hydroxylation is 1. The van der Waals surface area contributed by atoms with Gasteiger partial charge in [-0.05, 0) is 48.9 Å². The third-order valence-corrected chi connectivity index (χ3v) is 3.75. The molecule has 0 radical (unpaired) electrons. The molecule has 126 valence electrons. The molecule has 4 heteroatoms. The third kappa shape index (κ3) is 5.11. The first-order valence-electron chi connectivity index (χ1n) is 8.21. The summed E-state index contributed by atoms with van der Waals surface area (Å²) >= 11 is 0. The Morgan fingerprint density at radius 2 is 1.40 bits per heavy atom. The van der Waals surface area contributed by atoms with E-state index in [0.717, 1.165) is 23.6 Å². The van der Waals surface area contributed by atoms with Crippen LogP contribution in [0.1, 0.15) is 11.1 Å². The maximum Gasteiger partial charge on any atom is 0.323 e. The van der Waals surface area contributed by atoms with Gasteiger partial charge in [-0.1, -0.05) is 48.0 Å². The lowest BCUT2D eigenvalue weighted by Crippen LogP contribution is -2.19. The summed E-state index contributed by atoms with van der Waals surface area (Å²) in [6, 6.07) is 25.2. The van der Waals surface area contributed by atoms with Crippen LogP contribution in [0.5, 0.6) is 0 Å². The minimum Gasteiger partial charge on any atom is -0.381 e. The fourth-order valence-electron chi connectivity index (χ4n) is 2.51. The molecule has 4 nitrogen and oxygen atoms in total. The Bertz CT molecular complexity index is 829. The zero-order valence-corrected chi connectivity index (χ0v) is 14.1. The number of urea groups is 1. The molecule has 0 atom stereocenters. The van der Waals surface area contributed by atoms with Crippen LogP contribution in [0.4, 0.5) is 21.9 Å². The fourth-order valence-corrected chi connectivity index (χ4v) is 2.51. The average Bonchev–Trinajstić information content (AvgIpc) is 2.62. The van der Waals surface area contributed by atoms with Gasteiger partial charge in [-0.15, -0.1) is 0 Å². The van der Waals surface area contributed by atoms with Crippen LogP contribution < -0.4 is 16.0 Å². The van der Waals surface area contributed by atoms with Crippen LogP contribution in [0.3, 0.4) is 0 Å². The van der Waals surface area contributed by atoms with Gasteiger partial charge in [0.05, 0.1) is 0 Å². The molecule has 0 aliphatic carbocycles. The molecule has 0 unspecified atom stereocenters. The molecule has 0 spiro atoms. The minimum atomic E-state index is -0.258. The van der Waals surface area contributed by atoms with Crippen molar-refractivity contribution in [1.29, 1.82) is 0 Å². The lowest BCUT2D eigenvalue weighted by atomic mass is 10.1. The van der Waals surface area contributed by atoms with Gasteiger partial charge in [0.25, 0.3) is 0 Å². The second kappa shape index (κ2) is 8.02. The Morgan fingerprint density at radius 3 is 2.08 bits per heavy atom. The van der Waals surface area contributed by atoms with Crippen LogP contribution in [0.2, 0.25) is 0 Å². The molecule has 3 rings (SSSR count). The van der Waals surface area contributed by atoms with Crippen molar-refractivity contribution in [3.63, 3.8) is 0 Å². The Labute approximate surface area is 147 Å². The predicted molar refractivity (Wildman–Crippen MR) is 104 cm³/mol. The van der Waals surface area contributed by atoms with Crippen LogP contribution in [0.15, 0.2) is 78.9 Å². The lowest BCUT2D eigenvalue weighted by Gasteiger charge is -2.10. The van der Waals surface area contributed by atoms with E-state index < -0.39 is 0 Å². The highest BCUT2D eigenvalue weighted by molar-refractivity contribution is 5.99. The largest absolute Gasteiger partial charge is 0.381 e. The monoisotopic (exact) mass is 331 g/mol. The minimum absolute atomic E-state index is 0.258. The van der Waals surface area contributed by atoms with Crippen molar-refractivity contribution >= 4 is 23.1 Å². The molecule has 2 amide bonds. The van der Waals surface area contributed by atoms with Crippen molar-refractivity contribution in [2.45, 2.75) is 13.5 Å². The first kappa shape index (κ1) is 16.6. The van der Waals surface area contributed by atoms with Crippen LogP contribution >= 0.6 is 0 Å².